The Balaban J connectivity index is 1.81. The van der Waals surface area contributed by atoms with Crippen molar-refractivity contribution in [2.45, 2.75) is 19.4 Å². The molecule has 0 spiro atoms. The fraction of sp³-hybridized carbons (Fsp3) is 0.364. The van der Waals surface area contributed by atoms with Gasteiger partial charge in [0.1, 0.15) is 6.20 Å². The van der Waals surface area contributed by atoms with Crippen molar-refractivity contribution in [2.24, 2.45) is 0 Å². The molecule has 0 aliphatic rings. The minimum Gasteiger partial charge on any atom is -0.364 e. The molecular weight excluding hydrogens is 284 g/mol. The number of aromatic nitrogens is 4. The zero-order valence-electron chi connectivity index (χ0n) is 10.6. The topological polar surface area (TPSA) is 98.8 Å². The molecule has 0 saturated carbocycles. The zero-order chi connectivity index (χ0) is 14.4. The van der Waals surface area contributed by atoms with E-state index in [1.165, 1.54) is 0 Å². The van der Waals surface area contributed by atoms with Crippen molar-refractivity contribution in [2.75, 3.05) is 11.9 Å². The highest BCUT2D eigenvalue weighted by Crippen LogP contribution is 2.21. The molecule has 0 saturated heterocycles. The molecule has 8 nitrogen and oxygen atoms in total. The highest BCUT2D eigenvalue weighted by atomic mass is 35.5. The molecule has 0 bridgehead atoms. The Labute approximate surface area is 120 Å². The minimum atomic E-state index is -0.538. The first-order valence-corrected chi connectivity index (χ1v) is 6.41. The lowest BCUT2D eigenvalue weighted by molar-refractivity contribution is -0.384. The monoisotopic (exact) mass is 296 g/mol. The van der Waals surface area contributed by atoms with Gasteiger partial charge in [-0.25, -0.2) is 9.97 Å². The number of imidazole rings is 1. The van der Waals surface area contributed by atoms with Crippen molar-refractivity contribution >= 4 is 23.1 Å². The van der Waals surface area contributed by atoms with Gasteiger partial charge in [0.05, 0.1) is 11.3 Å². The lowest BCUT2D eigenvalue weighted by atomic mass is 10.3. The molecule has 0 aliphatic carbocycles. The molecule has 0 radical (unpaired) electrons. The van der Waals surface area contributed by atoms with Crippen LogP contribution in [0.4, 0.5) is 11.5 Å². The number of hydrogen-bond donors (Lipinski definition) is 1. The molecule has 0 atom stereocenters. The van der Waals surface area contributed by atoms with E-state index >= 15 is 0 Å². The summed E-state index contributed by atoms with van der Waals surface area (Å²) in [5, 5.41) is 13.7. The Kier molecular flexibility index (Phi) is 4.83. The Bertz CT molecular complexity index is 574. The van der Waals surface area contributed by atoms with Crippen molar-refractivity contribution < 1.29 is 4.92 Å². The van der Waals surface area contributed by atoms with E-state index in [4.69, 9.17) is 11.6 Å². The van der Waals surface area contributed by atoms with Gasteiger partial charge in [-0.05, 0) is 24.4 Å². The molecule has 0 fully saturated rings. The summed E-state index contributed by atoms with van der Waals surface area (Å²) in [5.41, 5.74) is -0.177. The van der Waals surface area contributed by atoms with Crippen LogP contribution in [0.2, 0.25) is 5.28 Å². The number of anilines is 1. The number of hydrogen-bond acceptors (Lipinski definition) is 6. The Hall–Kier alpha value is -2.22. The number of rotatable bonds is 7. The Morgan fingerprint density at radius 3 is 3.00 bits per heavy atom. The summed E-state index contributed by atoms with van der Waals surface area (Å²) in [6, 6.07) is 0. The summed E-state index contributed by atoms with van der Waals surface area (Å²) >= 11 is 5.63. The first-order chi connectivity index (χ1) is 9.66. The summed E-state index contributed by atoms with van der Waals surface area (Å²) in [6.07, 6.45) is 8.24. The van der Waals surface area contributed by atoms with E-state index in [0.717, 1.165) is 25.6 Å². The number of aryl methyl sites for hydroxylation is 1. The second kappa shape index (κ2) is 6.80. The van der Waals surface area contributed by atoms with Gasteiger partial charge in [-0.1, -0.05) is 0 Å². The Morgan fingerprint density at radius 2 is 2.30 bits per heavy atom. The van der Waals surface area contributed by atoms with Gasteiger partial charge in [-0.15, -0.1) is 0 Å². The highest BCUT2D eigenvalue weighted by molar-refractivity contribution is 6.28. The number of nitrogens with one attached hydrogen (secondary N) is 1. The van der Waals surface area contributed by atoms with Crippen molar-refractivity contribution in [3.8, 4) is 0 Å². The van der Waals surface area contributed by atoms with Crippen LogP contribution in [0.3, 0.4) is 0 Å². The summed E-state index contributed by atoms with van der Waals surface area (Å²) in [5.74, 6) is 0.151. The molecule has 20 heavy (non-hydrogen) atoms. The van der Waals surface area contributed by atoms with Crippen LogP contribution < -0.4 is 5.32 Å². The van der Waals surface area contributed by atoms with Crippen molar-refractivity contribution in [3.05, 3.63) is 40.3 Å². The largest absolute Gasteiger partial charge is 0.364 e. The van der Waals surface area contributed by atoms with Gasteiger partial charge in [0.2, 0.25) is 11.1 Å². The van der Waals surface area contributed by atoms with Crippen LogP contribution >= 0.6 is 11.6 Å². The molecular formula is C11H13ClN6O2. The average molecular weight is 297 g/mol. The van der Waals surface area contributed by atoms with E-state index in [0.29, 0.717) is 6.54 Å². The molecule has 2 aromatic heterocycles. The van der Waals surface area contributed by atoms with Crippen molar-refractivity contribution in [1.82, 2.24) is 19.5 Å². The number of nitrogens with zero attached hydrogens (tertiary/aromatic N) is 5. The standard InChI is InChI=1S/C11H13ClN6O2/c12-11-15-7-9(18(19)20)10(16-11)14-3-1-2-5-17-6-4-13-8-17/h4,6-8H,1-3,5H2,(H,14,15,16). The third-order valence-electron chi connectivity index (χ3n) is 2.63. The summed E-state index contributed by atoms with van der Waals surface area (Å²) in [6.45, 7) is 1.43. The predicted molar refractivity (Wildman–Crippen MR) is 73.6 cm³/mol. The van der Waals surface area contributed by atoms with Crippen LogP contribution in [0.5, 0.6) is 0 Å². The zero-order valence-corrected chi connectivity index (χ0v) is 11.3. The average Bonchev–Trinajstić information content (AvgIpc) is 2.91. The molecule has 0 aliphatic heterocycles. The smallest absolute Gasteiger partial charge is 0.329 e. The van der Waals surface area contributed by atoms with Gasteiger partial charge in [-0.3, -0.25) is 10.1 Å². The van der Waals surface area contributed by atoms with Gasteiger partial charge in [0.15, 0.2) is 0 Å². The van der Waals surface area contributed by atoms with Gasteiger partial charge < -0.3 is 9.88 Å². The van der Waals surface area contributed by atoms with Crippen LogP contribution in [-0.4, -0.2) is 31.0 Å². The summed E-state index contributed by atoms with van der Waals surface area (Å²) in [7, 11) is 0. The van der Waals surface area contributed by atoms with Crippen LogP contribution in [0.15, 0.2) is 24.9 Å². The third kappa shape index (κ3) is 3.89. The molecule has 0 amide bonds. The van der Waals surface area contributed by atoms with Crippen LogP contribution in [0, 0.1) is 10.1 Å². The maximum atomic E-state index is 10.8. The quantitative estimate of drug-likeness (QED) is 0.364. The van der Waals surface area contributed by atoms with Crippen molar-refractivity contribution in [3.63, 3.8) is 0 Å². The van der Waals surface area contributed by atoms with E-state index in [9.17, 15) is 10.1 Å². The van der Waals surface area contributed by atoms with E-state index in [1.807, 2.05) is 10.8 Å². The normalized spacial score (nSPS) is 10.4. The van der Waals surface area contributed by atoms with E-state index < -0.39 is 4.92 Å². The maximum absolute atomic E-state index is 10.8. The van der Waals surface area contributed by atoms with Crippen LogP contribution in [-0.2, 0) is 6.54 Å². The predicted octanol–water partition coefficient (Wildman–Crippen LogP) is 2.13. The highest BCUT2D eigenvalue weighted by Gasteiger charge is 2.16. The molecule has 2 heterocycles. The van der Waals surface area contributed by atoms with Gasteiger partial charge >= 0.3 is 5.69 Å². The molecule has 2 rings (SSSR count). The van der Waals surface area contributed by atoms with E-state index in [-0.39, 0.29) is 16.8 Å². The number of nitro groups is 1. The van der Waals surface area contributed by atoms with Gasteiger partial charge in [-0.2, -0.15) is 4.98 Å². The van der Waals surface area contributed by atoms with Crippen LogP contribution in [0.25, 0.3) is 0 Å². The van der Waals surface area contributed by atoms with E-state index in [1.54, 1.807) is 12.5 Å². The molecule has 2 aromatic rings. The number of unbranched alkanes of at least 4 members (excludes halogenated alkanes) is 1. The molecule has 0 unspecified atom stereocenters. The lowest BCUT2D eigenvalue weighted by Crippen LogP contribution is -2.08. The fourth-order valence-corrected chi connectivity index (χ4v) is 1.80. The molecule has 106 valence electrons. The molecule has 9 heteroatoms. The number of halogens is 1. The summed E-state index contributed by atoms with van der Waals surface area (Å²) < 4.78 is 1.98. The van der Waals surface area contributed by atoms with Gasteiger partial charge in [0.25, 0.3) is 0 Å². The second-order valence-corrected chi connectivity index (χ2v) is 4.40. The third-order valence-corrected chi connectivity index (χ3v) is 2.81. The minimum absolute atomic E-state index is 0.0171. The van der Waals surface area contributed by atoms with Crippen molar-refractivity contribution in [1.29, 1.82) is 0 Å². The van der Waals surface area contributed by atoms with Gasteiger partial charge in [0, 0.05) is 25.5 Å². The van der Waals surface area contributed by atoms with E-state index in [2.05, 4.69) is 20.3 Å². The summed E-state index contributed by atoms with van der Waals surface area (Å²) in [4.78, 5) is 21.7. The maximum Gasteiger partial charge on any atom is 0.329 e. The first-order valence-electron chi connectivity index (χ1n) is 6.03. The first kappa shape index (κ1) is 14.2. The van der Waals surface area contributed by atoms with Crippen LogP contribution in [0.1, 0.15) is 12.8 Å². The SMILES string of the molecule is O=[N+]([O-])c1cnc(Cl)nc1NCCCCn1ccnc1. The second-order valence-electron chi connectivity index (χ2n) is 4.06. The Morgan fingerprint density at radius 1 is 1.45 bits per heavy atom. The molecule has 0 aromatic carbocycles. The fourth-order valence-electron chi connectivity index (χ4n) is 1.66. The lowest BCUT2D eigenvalue weighted by Gasteiger charge is -2.06. The molecule has 1 N–H and O–H groups in total.